The van der Waals surface area contributed by atoms with Crippen LogP contribution in [0.3, 0.4) is 0 Å². The topological polar surface area (TPSA) is 118 Å². The van der Waals surface area contributed by atoms with Crippen LogP contribution in [0.4, 0.5) is 13.2 Å². The highest BCUT2D eigenvalue weighted by Crippen LogP contribution is 2.39. The molecule has 1 aromatic rings. The predicted octanol–water partition coefficient (Wildman–Crippen LogP) is 0.978. The average molecular weight is 380 g/mol. The van der Waals surface area contributed by atoms with E-state index in [-0.39, 0.29) is 5.56 Å². The molecule has 1 amide bonds. The van der Waals surface area contributed by atoms with Gasteiger partial charge in [-0.2, -0.15) is 17.5 Å². The summed E-state index contributed by atoms with van der Waals surface area (Å²) in [7, 11) is -4.41. The van der Waals surface area contributed by atoms with Gasteiger partial charge in [0.2, 0.25) is 15.9 Å². The van der Waals surface area contributed by atoms with Crippen LogP contribution in [0.2, 0.25) is 0 Å². The molecule has 0 spiro atoms. The molecule has 138 valence electrons. The van der Waals surface area contributed by atoms with Crippen LogP contribution in [0.1, 0.15) is 15.9 Å². The summed E-state index contributed by atoms with van der Waals surface area (Å²) in [5.74, 6) is -6.80. The normalized spacial score (nSPS) is 22.1. The lowest BCUT2D eigenvalue weighted by atomic mass is 9.96. The van der Waals surface area contributed by atoms with E-state index < -0.39 is 57.9 Å². The highest BCUT2D eigenvalue weighted by atomic mass is 32.2. The average Bonchev–Trinajstić information content (AvgIpc) is 2.93. The highest BCUT2D eigenvalue weighted by molar-refractivity contribution is 7.89. The molecule has 0 aliphatic carbocycles. The SMILES string of the molecule is Cc1ccc(S(=O)(=O)N2C[C@@H](C(F)(F)F)[C@H](C(=O)O)C2)cc1C(N)=O. The second kappa shape index (κ2) is 6.30. The van der Waals surface area contributed by atoms with E-state index >= 15 is 0 Å². The fourth-order valence-electron chi connectivity index (χ4n) is 2.72. The van der Waals surface area contributed by atoms with Crippen molar-refractivity contribution in [1.82, 2.24) is 4.31 Å². The van der Waals surface area contributed by atoms with Gasteiger partial charge in [-0.15, -0.1) is 0 Å². The number of hydrogen-bond donors (Lipinski definition) is 2. The lowest BCUT2D eigenvalue weighted by molar-refractivity contribution is -0.187. The minimum atomic E-state index is -4.85. The molecule has 0 aromatic heterocycles. The Morgan fingerprint density at radius 2 is 1.88 bits per heavy atom. The number of primary amides is 1. The number of rotatable bonds is 4. The molecule has 25 heavy (non-hydrogen) atoms. The van der Waals surface area contributed by atoms with Crippen molar-refractivity contribution in [2.45, 2.75) is 18.0 Å². The third kappa shape index (κ3) is 3.61. The Morgan fingerprint density at radius 1 is 1.28 bits per heavy atom. The van der Waals surface area contributed by atoms with Crippen LogP contribution in [-0.2, 0) is 14.8 Å². The van der Waals surface area contributed by atoms with Crippen molar-refractivity contribution >= 4 is 21.9 Å². The number of hydrogen-bond acceptors (Lipinski definition) is 4. The van der Waals surface area contributed by atoms with Gasteiger partial charge in [-0.05, 0) is 24.6 Å². The number of halogens is 3. The molecule has 1 aliphatic heterocycles. The van der Waals surface area contributed by atoms with Crippen LogP contribution >= 0.6 is 0 Å². The third-order valence-corrected chi connectivity index (χ3v) is 5.96. The van der Waals surface area contributed by atoms with Gasteiger partial charge in [0, 0.05) is 18.7 Å². The summed E-state index contributed by atoms with van der Waals surface area (Å²) in [4.78, 5) is 22.0. The molecule has 11 heteroatoms. The van der Waals surface area contributed by atoms with Crippen molar-refractivity contribution < 1.29 is 36.3 Å². The molecule has 2 rings (SSSR count). The summed E-state index contributed by atoms with van der Waals surface area (Å²) in [6, 6.07) is 3.41. The van der Waals surface area contributed by atoms with Crippen LogP contribution in [0.5, 0.6) is 0 Å². The van der Waals surface area contributed by atoms with Crippen LogP contribution in [0, 0.1) is 18.8 Å². The van der Waals surface area contributed by atoms with Gasteiger partial charge in [-0.3, -0.25) is 9.59 Å². The summed E-state index contributed by atoms with van der Waals surface area (Å²) < 4.78 is 64.7. The van der Waals surface area contributed by atoms with Crippen LogP contribution in [0.15, 0.2) is 23.1 Å². The zero-order valence-electron chi connectivity index (χ0n) is 12.9. The van der Waals surface area contributed by atoms with E-state index in [1.54, 1.807) is 0 Å². The van der Waals surface area contributed by atoms with Crippen molar-refractivity contribution in [2.75, 3.05) is 13.1 Å². The molecule has 3 N–H and O–H groups in total. The number of carbonyl (C=O) groups excluding carboxylic acids is 1. The largest absolute Gasteiger partial charge is 0.481 e. The molecule has 2 atom stereocenters. The molecule has 1 saturated heterocycles. The van der Waals surface area contributed by atoms with Gasteiger partial charge in [0.1, 0.15) is 0 Å². The Hall–Kier alpha value is -2.14. The van der Waals surface area contributed by atoms with Gasteiger partial charge in [0.25, 0.3) is 0 Å². The lowest BCUT2D eigenvalue weighted by Crippen LogP contribution is -2.34. The summed E-state index contributed by atoms with van der Waals surface area (Å²) in [6.07, 6.45) is -4.85. The molecule has 0 unspecified atom stereocenters. The van der Waals surface area contributed by atoms with Crippen molar-refractivity contribution in [3.8, 4) is 0 Å². The first-order chi connectivity index (χ1) is 11.4. The van der Waals surface area contributed by atoms with E-state index in [0.29, 0.717) is 9.87 Å². The molecular weight excluding hydrogens is 365 g/mol. The van der Waals surface area contributed by atoms with E-state index in [1.807, 2.05) is 0 Å². The minimum absolute atomic E-state index is 0.0811. The summed E-state index contributed by atoms with van der Waals surface area (Å²) in [5, 5.41) is 8.97. The second-order valence-electron chi connectivity index (χ2n) is 5.76. The van der Waals surface area contributed by atoms with E-state index in [1.165, 1.54) is 13.0 Å². The number of benzene rings is 1. The number of aliphatic carboxylic acids is 1. The van der Waals surface area contributed by atoms with Crippen LogP contribution < -0.4 is 5.73 Å². The number of nitrogens with zero attached hydrogens (tertiary/aromatic N) is 1. The van der Waals surface area contributed by atoms with E-state index in [2.05, 4.69) is 0 Å². The third-order valence-electron chi connectivity index (χ3n) is 4.14. The van der Waals surface area contributed by atoms with Gasteiger partial charge in [-0.25, -0.2) is 8.42 Å². The fourth-order valence-corrected chi connectivity index (χ4v) is 4.24. The first-order valence-electron chi connectivity index (χ1n) is 7.06. The van der Waals surface area contributed by atoms with Crippen LogP contribution in [-0.4, -0.2) is 49.0 Å². The molecule has 1 aliphatic rings. The minimum Gasteiger partial charge on any atom is -0.481 e. The molecule has 1 fully saturated rings. The molecule has 1 heterocycles. The van der Waals surface area contributed by atoms with Gasteiger partial charge in [0.15, 0.2) is 0 Å². The number of aryl methyl sites for hydroxylation is 1. The zero-order chi connectivity index (χ0) is 19.2. The first kappa shape index (κ1) is 19.2. The monoisotopic (exact) mass is 380 g/mol. The molecule has 0 bridgehead atoms. The number of nitrogens with two attached hydrogens (primary N) is 1. The van der Waals surface area contributed by atoms with Crippen molar-refractivity contribution in [1.29, 1.82) is 0 Å². The Kier molecular flexibility index (Phi) is 4.83. The fraction of sp³-hybridized carbons (Fsp3) is 0.429. The molecule has 7 nitrogen and oxygen atoms in total. The highest BCUT2D eigenvalue weighted by Gasteiger charge is 2.55. The Morgan fingerprint density at radius 3 is 2.32 bits per heavy atom. The second-order valence-corrected chi connectivity index (χ2v) is 7.69. The van der Waals surface area contributed by atoms with Crippen molar-refractivity contribution in [2.24, 2.45) is 17.6 Å². The van der Waals surface area contributed by atoms with Gasteiger partial charge in [-0.1, -0.05) is 6.07 Å². The van der Waals surface area contributed by atoms with E-state index in [9.17, 15) is 31.2 Å². The quantitative estimate of drug-likeness (QED) is 0.807. The maximum Gasteiger partial charge on any atom is 0.393 e. The predicted molar refractivity (Wildman–Crippen MR) is 79.1 cm³/mol. The number of sulfonamides is 1. The number of alkyl halides is 3. The molecule has 1 aromatic carbocycles. The van der Waals surface area contributed by atoms with E-state index in [4.69, 9.17) is 10.8 Å². The Bertz CT molecular complexity index is 822. The number of carbonyl (C=O) groups is 2. The summed E-state index contributed by atoms with van der Waals surface area (Å²) >= 11 is 0. The summed E-state index contributed by atoms with van der Waals surface area (Å²) in [5.41, 5.74) is 5.47. The van der Waals surface area contributed by atoms with Crippen molar-refractivity contribution in [3.63, 3.8) is 0 Å². The first-order valence-corrected chi connectivity index (χ1v) is 8.50. The van der Waals surface area contributed by atoms with Gasteiger partial charge in [0.05, 0.1) is 16.7 Å². The smallest absolute Gasteiger partial charge is 0.393 e. The lowest BCUT2D eigenvalue weighted by Gasteiger charge is -2.18. The van der Waals surface area contributed by atoms with Gasteiger partial charge < -0.3 is 10.8 Å². The van der Waals surface area contributed by atoms with Crippen molar-refractivity contribution in [3.05, 3.63) is 29.3 Å². The molecule has 0 saturated carbocycles. The molecular formula is C14H15F3N2O5S. The Labute approximate surface area is 141 Å². The summed E-state index contributed by atoms with van der Waals surface area (Å²) in [6.45, 7) is -0.281. The van der Waals surface area contributed by atoms with E-state index in [0.717, 1.165) is 12.1 Å². The maximum atomic E-state index is 13.0. The number of carboxylic acids is 1. The zero-order valence-corrected chi connectivity index (χ0v) is 13.8. The number of carboxylic acid groups (broad SMARTS) is 1. The maximum absolute atomic E-state index is 13.0. The van der Waals surface area contributed by atoms with Crippen LogP contribution in [0.25, 0.3) is 0 Å². The Balaban J connectivity index is 2.43. The van der Waals surface area contributed by atoms with Gasteiger partial charge >= 0.3 is 12.1 Å². The number of amides is 1. The molecule has 0 radical (unpaired) electrons. The standard InChI is InChI=1S/C14H15F3N2O5S/c1-7-2-3-8(4-9(7)12(18)20)25(23,24)19-5-10(13(21)22)11(6-19)14(15,16)17/h2-4,10-11H,5-6H2,1H3,(H2,18,20)(H,21,22)/t10-,11-/m1/s1.